The van der Waals surface area contributed by atoms with Crippen LogP contribution >= 0.6 is 11.8 Å². The Hall–Kier alpha value is -4.52. The fourth-order valence-electron chi connectivity index (χ4n) is 5.11. The van der Waals surface area contributed by atoms with Crippen LogP contribution in [0.4, 0.5) is 11.4 Å². The number of para-hydroxylation sites is 1. The van der Waals surface area contributed by atoms with Gasteiger partial charge in [0.2, 0.25) is 0 Å². The molecule has 0 atom stereocenters. The Morgan fingerprint density at radius 2 is 1.21 bits per heavy atom. The summed E-state index contributed by atoms with van der Waals surface area (Å²) < 4.78 is 0. The van der Waals surface area contributed by atoms with Crippen molar-refractivity contribution in [1.29, 1.82) is 5.26 Å². The van der Waals surface area contributed by atoms with E-state index in [0.717, 1.165) is 34.4 Å². The number of fused-ring (bicyclic) bond motifs is 2. The van der Waals surface area contributed by atoms with Gasteiger partial charge in [0.15, 0.2) is 0 Å². The molecule has 2 nitrogen and oxygen atoms in total. The van der Waals surface area contributed by atoms with Gasteiger partial charge in [0.05, 0.1) is 16.9 Å². The van der Waals surface area contributed by atoms with E-state index >= 15 is 0 Å². The SMILES string of the molecule is CCN1c2ccccc2Sc2cc(-c3ccc(C(C#N)=C(c4ccccc4)c4ccccc4)cc3)ccc21. The standard InChI is InChI=1S/C35H26N2S/c1-2-37-31-15-9-10-16-33(31)38-34-23-29(21-22-32(34)37)25-17-19-26(20-18-25)30(24-36)35(27-11-5-3-6-12-27)28-13-7-4-8-14-28/h3-23H,2H2,1H3. The Morgan fingerprint density at radius 3 is 1.84 bits per heavy atom. The summed E-state index contributed by atoms with van der Waals surface area (Å²) in [7, 11) is 0. The second-order valence-electron chi connectivity index (χ2n) is 9.17. The molecule has 3 heteroatoms. The highest BCUT2D eigenvalue weighted by Gasteiger charge is 2.22. The first-order valence-corrected chi connectivity index (χ1v) is 13.6. The lowest BCUT2D eigenvalue weighted by molar-refractivity contribution is 0.980. The van der Waals surface area contributed by atoms with Crippen molar-refractivity contribution in [2.24, 2.45) is 0 Å². The molecular formula is C35H26N2S. The molecule has 0 aliphatic carbocycles. The highest BCUT2D eigenvalue weighted by Crippen LogP contribution is 2.49. The first kappa shape index (κ1) is 23.9. The van der Waals surface area contributed by atoms with E-state index in [4.69, 9.17) is 0 Å². The summed E-state index contributed by atoms with van der Waals surface area (Å²) in [5, 5.41) is 10.3. The molecule has 0 radical (unpaired) electrons. The molecule has 5 aromatic carbocycles. The third-order valence-electron chi connectivity index (χ3n) is 6.94. The van der Waals surface area contributed by atoms with E-state index in [-0.39, 0.29) is 0 Å². The predicted molar refractivity (Wildman–Crippen MR) is 160 cm³/mol. The van der Waals surface area contributed by atoms with Gasteiger partial charge in [-0.1, -0.05) is 115 Å². The van der Waals surface area contributed by atoms with Gasteiger partial charge in [0.1, 0.15) is 6.07 Å². The maximum Gasteiger partial charge on any atom is 0.100 e. The van der Waals surface area contributed by atoms with Crippen LogP contribution in [0.3, 0.4) is 0 Å². The molecule has 5 aromatic rings. The molecule has 182 valence electrons. The van der Waals surface area contributed by atoms with Gasteiger partial charge < -0.3 is 4.90 Å². The lowest BCUT2D eigenvalue weighted by atomic mass is 9.89. The Balaban J connectivity index is 1.39. The van der Waals surface area contributed by atoms with Gasteiger partial charge >= 0.3 is 0 Å². The largest absolute Gasteiger partial charge is 0.340 e. The quantitative estimate of drug-likeness (QED) is 0.175. The van der Waals surface area contributed by atoms with E-state index in [1.54, 1.807) is 0 Å². The summed E-state index contributed by atoms with van der Waals surface area (Å²) in [6.45, 7) is 3.12. The number of hydrogen-bond acceptors (Lipinski definition) is 3. The highest BCUT2D eigenvalue weighted by molar-refractivity contribution is 7.99. The van der Waals surface area contributed by atoms with Crippen molar-refractivity contribution in [3.8, 4) is 17.2 Å². The monoisotopic (exact) mass is 506 g/mol. The summed E-state index contributed by atoms with van der Waals surface area (Å²) in [5.41, 5.74) is 9.44. The fourth-order valence-corrected chi connectivity index (χ4v) is 6.25. The van der Waals surface area contributed by atoms with Crippen LogP contribution in [-0.4, -0.2) is 6.54 Å². The van der Waals surface area contributed by atoms with Gasteiger partial charge in [-0.15, -0.1) is 0 Å². The number of rotatable bonds is 5. The van der Waals surface area contributed by atoms with Crippen molar-refractivity contribution in [3.05, 3.63) is 144 Å². The van der Waals surface area contributed by atoms with Gasteiger partial charge in [-0.25, -0.2) is 0 Å². The topological polar surface area (TPSA) is 27.0 Å². The lowest BCUT2D eigenvalue weighted by Gasteiger charge is -2.32. The average Bonchev–Trinajstić information content (AvgIpc) is 2.99. The molecule has 0 fully saturated rings. The van der Waals surface area contributed by atoms with Crippen LogP contribution in [0.1, 0.15) is 23.6 Å². The van der Waals surface area contributed by atoms with Gasteiger partial charge in [-0.05, 0) is 59.0 Å². The zero-order chi connectivity index (χ0) is 25.9. The number of benzene rings is 5. The molecule has 0 spiro atoms. The molecule has 0 unspecified atom stereocenters. The Bertz CT molecular complexity index is 1620. The van der Waals surface area contributed by atoms with Gasteiger partial charge in [-0.2, -0.15) is 5.26 Å². The molecule has 0 aromatic heterocycles. The second kappa shape index (κ2) is 10.5. The van der Waals surface area contributed by atoms with Crippen molar-refractivity contribution in [1.82, 2.24) is 0 Å². The zero-order valence-corrected chi connectivity index (χ0v) is 22.0. The number of nitrogens with zero attached hydrogens (tertiary/aromatic N) is 2. The molecule has 6 rings (SSSR count). The summed E-state index contributed by atoms with van der Waals surface area (Å²) >= 11 is 1.83. The summed E-state index contributed by atoms with van der Waals surface area (Å²) in [6.07, 6.45) is 0. The Labute approximate surface area is 228 Å². The third kappa shape index (κ3) is 4.41. The molecule has 1 aliphatic rings. The summed E-state index contributed by atoms with van der Waals surface area (Å²) in [6, 6.07) is 46.5. The van der Waals surface area contributed by atoms with Crippen molar-refractivity contribution < 1.29 is 0 Å². The molecule has 0 saturated heterocycles. The van der Waals surface area contributed by atoms with Crippen LogP contribution < -0.4 is 4.90 Å². The molecule has 0 saturated carbocycles. The van der Waals surface area contributed by atoms with E-state index in [1.165, 1.54) is 26.7 Å². The minimum Gasteiger partial charge on any atom is -0.340 e. The van der Waals surface area contributed by atoms with Crippen molar-refractivity contribution in [3.63, 3.8) is 0 Å². The van der Waals surface area contributed by atoms with E-state index in [0.29, 0.717) is 5.57 Å². The lowest BCUT2D eigenvalue weighted by Crippen LogP contribution is -2.19. The van der Waals surface area contributed by atoms with Crippen LogP contribution in [0, 0.1) is 11.3 Å². The van der Waals surface area contributed by atoms with E-state index in [1.807, 2.05) is 48.2 Å². The zero-order valence-electron chi connectivity index (χ0n) is 21.1. The number of anilines is 2. The van der Waals surface area contributed by atoms with Crippen LogP contribution in [0.25, 0.3) is 22.3 Å². The first-order chi connectivity index (χ1) is 18.8. The van der Waals surface area contributed by atoms with Crippen LogP contribution in [0.5, 0.6) is 0 Å². The first-order valence-electron chi connectivity index (χ1n) is 12.8. The minimum atomic E-state index is 0.671. The third-order valence-corrected chi connectivity index (χ3v) is 8.05. The van der Waals surface area contributed by atoms with Crippen LogP contribution in [0.2, 0.25) is 0 Å². The van der Waals surface area contributed by atoms with Crippen molar-refractivity contribution in [2.45, 2.75) is 16.7 Å². The normalized spacial score (nSPS) is 11.7. The van der Waals surface area contributed by atoms with Crippen LogP contribution in [-0.2, 0) is 0 Å². The van der Waals surface area contributed by atoms with Crippen molar-refractivity contribution in [2.75, 3.05) is 11.4 Å². The molecule has 0 amide bonds. The molecule has 0 bridgehead atoms. The van der Waals surface area contributed by atoms with Crippen LogP contribution in [0.15, 0.2) is 137 Å². The van der Waals surface area contributed by atoms with Gasteiger partial charge in [0, 0.05) is 21.9 Å². The molecule has 1 aliphatic heterocycles. The number of hydrogen-bond donors (Lipinski definition) is 0. The maximum absolute atomic E-state index is 10.3. The van der Waals surface area contributed by atoms with E-state index < -0.39 is 0 Å². The maximum atomic E-state index is 10.3. The second-order valence-corrected chi connectivity index (χ2v) is 10.3. The molecule has 0 N–H and O–H groups in total. The average molecular weight is 507 g/mol. The van der Waals surface area contributed by atoms with Gasteiger partial charge in [0.25, 0.3) is 0 Å². The number of allylic oxidation sites excluding steroid dienone is 1. The van der Waals surface area contributed by atoms with Crippen molar-refractivity contribution >= 4 is 34.3 Å². The predicted octanol–water partition coefficient (Wildman–Crippen LogP) is 9.46. The Kier molecular flexibility index (Phi) is 6.56. The summed E-state index contributed by atoms with van der Waals surface area (Å²) in [4.78, 5) is 4.93. The molecule has 1 heterocycles. The minimum absolute atomic E-state index is 0.671. The van der Waals surface area contributed by atoms with Gasteiger partial charge in [-0.3, -0.25) is 0 Å². The highest BCUT2D eigenvalue weighted by atomic mass is 32.2. The summed E-state index contributed by atoms with van der Waals surface area (Å²) in [5.74, 6) is 0. The van der Waals surface area contributed by atoms with E-state index in [9.17, 15) is 5.26 Å². The van der Waals surface area contributed by atoms with E-state index in [2.05, 4.69) is 109 Å². The number of nitriles is 1. The Morgan fingerprint density at radius 1 is 0.632 bits per heavy atom. The smallest absolute Gasteiger partial charge is 0.100 e. The fraction of sp³-hybridized carbons (Fsp3) is 0.0571. The molecular weight excluding hydrogens is 480 g/mol. The molecule has 38 heavy (non-hydrogen) atoms.